The molecule has 6 nitrogen and oxygen atoms in total. The smallest absolute Gasteiger partial charge is 0.321 e. The maximum absolute atomic E-state index is 12.4. The van der Waals surface area contributed by atoms with Gasteiger partial charge in [-0.2, -0.15) is 11.8 Å². The molecule has 2 amide bonds. The summed E-state index contributed by atoms with van der Waals surface area (Å²) in [6.45, 7) is 1.38. The lowest BCUT2D eigenvalue weighted by molar-refractivity contribution is 0.183. The van der Waals surface area contributed by atoms with E-state index in [2.05, 4.69) is 11.6 Å². The number of nitrogens with zero attached hydrogens (tertiary/aromatic N) is 1. The monoisotopic (exact) mass is 377 g/mol. The molecule has 1 aliphatic heterocycles. The molecule has 1 heterocycles. The number of halogens is 1. The maximum atomic E-state index is 12.4. The molecule has 23 heavy (non-hydrogen) atoms. The van der Waals surface area contributed by atoms with E-state index in [1.54, 1.807) is 16.7 Å². The van der Waals surface area contributed by atoms with Crippen LogP contribution in [0.1, 0.15) is 12.8 Å². The molecule has 1 fully saturated rings. The summed E-state index contributed by atoms with van der Waals surface area (Å²) in [5, 5.41) is 8.05. The van der Waals surface area contributed by atoms with Gasteiger partial charge in [0.25, 0.3) is 0 Å². The topological polar surface area (TPSA) is 92.5 Å². The number of hydrogen-bond donors (Lipinski definition) is 2. The minimum Gasteiger partial charge on any atom is -0.324 e. The summed E-state index contributed by atoms with van der Waals surface area (Å²) < 4.78 is 22.8. The predicted octanol–water partition coefficient (Wildman–Crippen LogP) is 2.59. The largest absolute Gasteiger partial charge is 0.324 e. The van der Waals surface area contributed by atoms with Gasteiger partial charge in [0.15, 0.2) is 0 Å². The summed E-state index contributed by atoms with van der Waals surface area (Å²) in [5.74, 6) is 1.50. The first kappa shape index (κ1) is 18.4. The van der Waals surface area contributed by atoms with E-state index in [0.29, 0.717) is 19.0 Å². The van der Waals surface area contributed by atoms with E-state index in [0.717, 1.165) is 18.6 Å². The summed E-state index contributed by atoms with van der Waals surface area (Å²) in [5.41, 5.74) is 0.246. The molecule has 0 aromatic heterocycles. The highest BCUT2D eigenvalue weighted by Gasteiger charge is 2.24. The van der Waals surface area contributed by atoms with Gasteiger partial charge < -0.3 is 10.2 Å². The Hall–Kier alpha value is -0.960. The highest BCUT2D eigenvalue weighted by molar-refractivity contribution is 7.98. The van der Waals surface area contributed by atoms with Crippen LogP contribution in [0.5, 0.6) is 0 Å². The summed E-state index contributed by atoms with van der Waals surface area (Å²) in [4.78, 5) is 14.1. The van der Waals surface area contributed by atoms with Crippen LogP contribution >= 0.6 is 23.4 Å². The number of hydrogen-bond acceptors (Lipinski definition) is 4. The number of thioether (sulfide) groups is 1. The number of nitrogens with two attached hydrogens (primary N) is 1. The molecule has 0 aliphatic carbocycles. The van der Waals surface area contributed by atoms with Gasteiger partial charge in [0.2, 0.25) is 10.0 Å². The Kier molecular flexibility index (Phi) is 6.19. The Morgan fingerprint density at radius 2 is 2.26 bits per heavy atom. The maximum Gasteiger partial charge on any atom is 0.321 e. The fraction of sp³-hybridized carbons (Fsp3) is 0.500. The number of carbonyl (C=O) groups is 1. The Balaban J connectivity index is 2.11. The van der Waals surface area contributed by atoms with Crippen LogP contribution in [-0.4, -0.2) is 44.4 Å². The second-order valence-electron chi connectivity index (χ2n) is 5.53. The summed E-state index contributed by atoms with van der Waals surface area (Å²) in [6.07, 6.45) is 4.13. The number of urea groups is 1. The lowest BCUT2D eigenvalue weighted by Crippen LogP contribution is -2.43. The zero-order chi connectivity index (χ0) is 17.0. The number of likely N-dealkylation sites (tertiary alicyclic amines) is 1. The number of primary sulfonamides is 1. The number of sulfonamides is 1. The van der Waals surface area contributed by atoms with Crippen LogP contribution in [-0.2, 0) is 10.0 Å². The molecule has 1 atom stereocenters. The third-order valence-electron chi connectivity index (χ3n) is 3.72. The molecule has 3 N–H and O–H groups in total. The molecular weight excluding hydrogens is 358 g/mol. The summed E-state index contributed by atoms with van der Waals surface area (Å²) in [7, 11) is -3.85. The Labute approximate surface area is 145 Å². The third-order valence-corrected chi connectivity index (χ3v) is 5.76. The van der Waals surface area contributed by atoms with Crippen molar-refractivity contribution in [1.82, 2.24) is 4.90 Å². The molecule has 128 valence electrons. The van der Waals surface area contributed by atoms with E-state index >= 15 is 0 Å². The van der Waals surface area contributed by atoms with Crippen molar-refractivity contribution in [3.05, 3.63) is 23.2 Å². The molecule has 9 heteroatoms. The van der Waals surface area contributed by atoms with Crippen molar-refractivity contribution >= 4 is 45.1 Å². The van der Waals surface area contributed by atoms with Gasteiger partial charge in [-0.15, -0.1) is 0 Å². The molecule has 0 unspecified atom stereocenters. The average molecular weight is 378 g/mol. The van der Waals surface area contributed by atoms with Crippen LogP contribution in [0, 0.1) is 5.92 Å². The van der Waals surface area contributed by atoms with E-state index in [9.17, 15) is 13.2 Å². The van der Waals surface area contributed by atoms with Crippen LogP contribution in [0.3, 0.4) is 0 Å². The molecule has 0 spiro atoms. The minimum absolute atomic E-state index is 0.0869. The first-order valence-electron chi connectivity index (χ1n) is 7.18. The van der Waals surface area contributed by atoms with Crippen LogP contribution < -0.4 is 10.5 Å². The number of piperidine rings is 1. The number of nitrogens with one attached hydrogen (secondary N) is 1. The molecule has 2 rings (SSSR count). The van der Waals surface area contributed by atoms with Crippen LogP contribution in [0.15, 0.2) is 23.1 Å². The molecule has 1 aromatic rings. The number of anilines is 1. The van der Waals surface area contributed by atoms with Gasteiger partial charge in [0.1, 0.15) is 0 Å². The van der Waals surface area contributed by atoms with Crippen molar-refractivity contribution in [2.24, 2.45) is 11.1 Å². The van der Waals surface area contributed by atoms with E-state index in [4.69, 9.17) is 16.7 Å². The zero-order valence-corrected chi connectivity index (χ0v) is 15.2. The van der Waals surface area contributed by atoms with Gasteiger partial charge >= 0.3 is 6.03 Å². The number of amides is 2. The minimum atomic E-state index is -3.85. The van der Waals surface area contributed by atoms with Crippen LogP contribution in [0.2, 0.25) is 5.02 Å². The van der Waals surface area contributed by atoms with E-state index in [1.807, 2.05) is 0 Å². The van der Waals surface area contributed by atoms with Gasteiger partial charge in [-0.1, -0.05) is 11.6 Å². The van der Waals surface area contributed by atoms with Crippen LogP contribution in [0.25, 0.3) is 0 Å². The number of rotatable bonds is 4. The van der Waals surface area contributed by atoms with Crippen molar-refractivity contribution in [2.75, 3.05) is 30.4 Å². The van der Waals surface area contributed by atoms with Gasteiger partial charge in [-0.05, 0) is 49.0 Å². The van der Waals surface area contributed by atoms with Crippen molar-refractivity contribution in [3.63, 3.8) is 0 Å². The van der Waals surface area contributed by atoms with E-state index in [1.165, 1.54) is 18.2 Å². The van der Waals surface area contributed by atoms with E-state index < -0.39 is 10.0 Å². The highest BCUT2D eigenvalue weighted by atomic mass is 35.5. The lowest BCUT2D eigenvalue weighted by atomic mass is 10.0. The van der Waals surface area contributed by atoms with Gasteiger partial charge in [-0.3, -0.25) is 0 Å². The highest BCUT2D eigenvalue weighted by Crippen LogP contribution is 2.26. The quantitative estimate of drug-likeness (QED) is 0.843. The Morgan fingerprint density at radius 3 is 2.91 bits per heavy atom. The van der Waals surface area contributed by atoms with Gasteiger partial charge in [0, 0.05) is 13.1 Å². The van der Waals surface area contributed by atoms with E-state index in [-0.39, 0.29) is 21.6 Å². The zero-order valence-electron chi connectivity index (χ0n) is 12.8. The average Bonchev–Trinajstić information content (AvgIpc) is 2.49. The molecule has 0 bridgehead atoms. The number of benzene rings is 1. The lowest BCUT2D eigenvalue weighted by Gasteiger charge is -2.32. The first-order chi connectivity index (χ1) is 10.8. The fourth-order valence-corrected chi connectivity index (χ4v) is 4.04. The molecule has 1 aromatic carbocycles. The van der Waals surface area contributed by atoms with Gasteiger partial charge in [0.05, 0.1) is 15.6 Å². The molecular formula is C14H20ClN3O3S2. The normalized spacial score (nSPS) is 18.7. The Bertz CT molecular complexity index is 680. The van der Waals surface area contributed by atoms with Crippen molar-refractivity contribution in [3.8, 4) is 0 Å². The van der Waals surface area contributed by atoms with Gasteiger partial charge in [-0.25, -0.2) is 18.4 Å². The van der Waals surface area contributed by atoms with Crippen molar-refractivity contribution in [2.45, 2.75) is 17.7 Å². The second-order valence-corrected chi connectivity index (χ2v) is 8.41. The van der Waals surface area contributed by atoms with Crippen molar-refractivity contribution in [1.29, 1.82) is 0 Å². The van der Waals surface area contributed by atoms with Crippen molar-refractivity contribution < 1.29 is 13.2 Å². The molecule has 1 aliphatic rings. The standard InChI is InChI=1S/C14H20ClN3O3S2/c1-22-9-10-3-2-6-18(8-10)14(19)17-13-7-11(23(16,20)21)4-5-12(13)15/h4-5,7,10H,2-3,6,8-9H2,1H3,(H,17,19)(H2,16,20,21)/t10-/m0/s1. The Morgan fingerprint density at radius 1 is 1.52 bits per heavy atom. The molecule has 1 saturated heterocycles. The summed E-state index contributed by atoms with van der Waals surface area (Å²) >= 11 is 7.81. The first-order valence-corrected chi connectivity index (χ1v) is 10.5. The second kappa shape index (κ2) is 7.74. The third kappa shape index (κ3) is 5.00. The van der Waals surface area contributed by atoms with Crippen LogP contribution in [0.4, 0.5) is 10.5 Å². The molecule has 0 saturated carbocycles. The predicted molar refractivity (Wildman–Crippen MR) is 94.5 cm³/mol. The fourth-order valence-electron chi connectivity index (χ4n) is 2.59. The summed E-state index contributed by atoms with van der Waals surface area (Å²) in [6, 6.07) is 3.72. The molecule has 0 radical (unpaired) electrons. The SMILES string of the molecule is CSC[C@H]1CCCN(C(=O)Nc2cc(S(N)(=O)=O)ccc2Cl)C1. The number of carbonyl (C=O) groups excluding carboxylic acids is 1.